The fourth-order valence-corrected chi connectivity index (χ4v) is 3.15. The average molecular weight is 307 g/mol. The lowest BCUT2D eigenvalue weighted by Crippen LogP contribution is -2.61. The number of ether oxygens (including phenoxy) is 1. The monoisotopic (exact) mass is 307 g/mol. The topological polar surface area (TPSA) is 79.7 Å². The third-order valence-electron chi connectivity index (χ3n) is 4.42. The van der Waals surface area contributed by atoms with E-state index in [1.807, 2.05) is 6.92 Å². The zero-order valence-corrected chi connectivity index (χ0v) is 12.9. The number of nitrogens with one attached hydrogen (secondary N) is 1. The van der Waals surface area contributed by atoms with Crippen LogP contribution in [-0.2, 0) is 16.6 Å². The number of carbonyl (C=O) groups excluding carboxylic acids is 2. The summed E-state index contributed by atoms with van der Waals surface area (Å²) in [5, 5.41) is 6.91. The standard InChI is InChI=1S/C14H21N5O3/c1-3-14-9-18(6-7-19(14)13(21)22-10-14)8-12(20)15-11-4-5-17(2)16-11/h4-5H,3,6-10H2,1-2H3,(H,15,16,20). The molecule has 3 heterocycles. The van der Waals surface area contributed by atoms with Gasteiger partial charge in [0.25, 0.3) is 0 Å². The number of hydrogen-bond acceptors (Lipinski definition) is 5. The maximum absolute atomic E-state index is 12.1. The van der Waals surface area contributed by atoms with Crippen molar-refractivity contribution in [2.24, 2.45) is 7.05 Å². The van der Waals surface area contributed by atoms with Crippen molar-refractivity contribution in [1.29, 1.82) is 0 Å². The van der Waals surface area contributed by atoms with Crippen molar-refractivity contribution in [2.45, 2.75) is 18.9 Å². The van der Waals surface area contributed by atoms with Gasteiger partial charge < -0.3 is 10.1 Å². The molecule has 2 fully saturated rings. The Morgan fingerprint density at radius 2 is 2.32 bits per heavy atom. The molecule has 0 aliphatic carbocycles. The van der Waals surface area contributed by atoms with Crippen molar-refractivity contribution in [3.05, 3.63) is 12.3 Å². The van der Waals surface area contributed by atoms with Crippen LogP contribution in [0.1, 0.15) is 13.3 Å². The van der Waals surface area contributed by atoms with Crippen molar-refractivity contribution in [3.8, 4) is 0 Å². The number of fused-ring (bicyclic) bond motifs is 1. The second-order valence-corrected chi connectivity index (χ2v) is 5.92. The molecular weight excluding hydrogens is 286 g/mol. The van der Waals surface area contributed by atoms with Gasteiger partial charge in [-0.3, -0.25) is 19.3 Å². The number of cyclic esters (lactones) is 1. The summed E-state index contributed by atoms with van der Waals surface area (Å²) in [6.45, 7) is 4.67. The van der Waals surface area contributed by atoms with Crippen molar-refractivity contribution in [3.63, 3.8) is 0 Å². The first-order valence-corrected chi connectivity index (χ1v) is 7.49. The van der Waals surface area contributed by atoms with Gasteiger partial charge in [-0.1, -0.05) is 6.92 Å². The Balaban J connectivity index is 1.59. The van der Waals surface area contributed by atoms with Gasteiger partial charge in [0.1, 0.15) is 6.61 Å². The number of hydrogen-bond donors (Lipinski definition) is 1. The van der Waals surface area contributed by atoms with Crippen LogP contribution in [0.2, 0.25) is 0 Å². The fraction of sp³-hybridized carbons (Fsp3) is 0.643. The zero-order valence-electron chi connectivity index (χ0n) is 12.9. The number of piperazine rings is 1. The highest BCUT2D eigenvalue weighted by atomic mass is 16.6. The van der Waals surface area contributed by atoms with Crippen LogP contribution in [0.3, 0.4) is 0 Å². The third-order valence-corrected chi connectivity index (χ3v) is 4.42. The maximum atomic E-state index is 12.1. The highest BCUT2D eigenvalue weighted by Gasteiger charge is 2.49. The SMILES string of the molecule is CCC12COC(=O)N1CCN(CC(=O)Nc1ccn(C)n1)C2. The van der Waals surface area contributed by atoms with Crippen LogP contribution in [0.5, 0.6) is 0 Å². The van der Waals surface area contributed by atoms with Crippen LogP contribution in [-0.4, -0.2) is 69.9 Å². The Bertz CT molecular complexity index is 587. The first-order chi connectivity index (χ1) is 10.5. The molecule has 1 N–H and O–H groups in total. The average Bonchev–Trinajstić information content (AvgIpc) is 3.03. The molecule has 2 aliphatic rings. The highest BCUT2D eigenvalue weighted by Crippen LogP contribution is 2.31. The van der Waals surface area contributed by atoms with Crippen LogP contribution >= 0.6 is 0 Å². The van der Waals surface area contributed by atoms with Crippen LogP contribution < -0.4 is 5.32 Å². The Morgan fingerprint density at radius 1 is 1.50 bits per heavy atom. The molecule has 3 rings (SSSR count). The van der Waals surface area contributed by atoms with Gasteiger partial charge in [0.05, 0.1) is 12.1 Å². The summed E-state index contributed by atoms with van der Waals surface area (Å²) in [6, 6.07) is 1.76. The molecule has 0 spiro atoms. The van der Waals surface area contributed by atoms with E-state index in [1.165, 1.54) is 0 Å². The fourth-order valence-electron chi connectivity index (χ4n) is 3.15. The van der Waals surface area contributed by atoms with Gasteiger partial charge in [0, 0.05) is 38.9 Å². The Kier molecular flexibility index (Phi) is 3.78. The summed E-state index contributed by atoms with van der Waals surface area (Å²) in [5.74, 6) is 0.458. The number of amides is 2. The summed E-state index contributed by atoms with van der Waals surface area (Å²) in [6.07, 6.45) is 2.36. The molecule has 2 aliphatic heterocycles. The van der Waals surface area contributed by atoms with Crippen molar-refractivity contribution in [2.75, 3.05) is 38.1 Å². The van der Waals surface area contributed by atoms with Crippen LogP contribution in [0.15, 0.2) is 12.3 Å². The number of carbonyl (C=O) groups is 2. The third kappa shape index (κ3) is 2.66. The van der Waals surface area contributed by atoms with Crippen LogP contribution in [0, 0.1) is 0 Å². The molecule has 8 heteroatoms. The Hall–Kier alpha value is -2.09. The quantitative estimate of drug-likeness (QED) is 0.864. The molecular formula is C14H21N5O3. The van der Waals surface area contributed by atoms with Crippen LogP contribution in [0.4, 0.5) is 10.6 Å². The molecule has 2 saturated heterocycles. The molecule has 1 aromatic rings. The van der Waals surface area contributed by atoms with Gasteiger partial charge in [-0.2, -0.15) is 5.10 Å². The molecule has 0 radical (unpaired) electrons. The first-order valence-electron chi connectivity index (χ1n) is 7.49. The number of aryl methyl sites for hydroxylation is 1. The van der Waals surface area contributed by atoms with E-state index in [9.17, 15) is 9.59 Å². The van der Waals surface area contributed by atoms with Gasteiger partial charge in [-0.05, 0) is 6.42 Å². The van der Waals surface area contributed by atoms with Crippen molar-refractivity contribution >= 4 is 17.8 Å². The normalized spacial score (nSPS) is 25.0. The molecule has 2 amide bonds. The van der Waals surface area contributed by atoms with Crippen LogP contribution in [0.25, 0.3) is 0 Å². The lowest BCUT2D eigenvalue weighted by Gasteiger charge is -2.43. The number of rotatable bonds is 4. The van der Waals surface area contributed by atoms with E-state index in [-0.39, 0.29) is 17.5 Å². The molecule has 8 nitrogen and oxygen atoms in total. The number of aromatic nitrogens is 2. The Labute approximate surface area is 129 Å². The minimum Gasteiger partial charge on any atom is -0.447 e. The number of anilines is 1. The van der Waals surface area contributed by atoms with E-state index in [0.29, 0.717) is 38.6 Å². The minimum atomic E-state index is -0.291. The molecule has 1 aromatic heterocycles. The number of nitrogens with zero attached hydrogens (tertiary/aromatic N) is 4. The summed E-state index contributed by atoms with van der Waals surface area (Å²) in [4.78, 5) is 27.7. The largest absolute Gasteiger partial charge is 0.447 e. The van der Waals surface area contributed by atoms with E-state index in [1.54, 1.807) is 28.9 Å². The van der Waals surface area contributed by atoms with Crippen molar-refractivity contribution < 1.29 is 14.3 Å². The molecule has 1 unspecified atom stereocenters. The summed E-state index contributed by atoms with van der Waals surface area (Å²) >= 11 is 0. The van der Waals surface area contributed by atoms with E-state index >= 15 is 0 Å². The molecule has 0 aromatic carbocycles. The Morgan fingerprint density at radius 3 is 3.00 bits per heavy atom. The molecule has 1 atom stereocenters. The minimum absolute atomic E-state index is 0.0938. The molecule has 22 heavy (non-hydrogen) atoms. The van der Waals surface area contributed by atoms with E-state index in [0.717, 1.165) is 6.42 Å². The lowest BCUT2D eigenvalue weighted by atomic mass is 9.93. The molecule has 120 valence electrons. The molecule has 0 bridgehead atoms. The second kappa shape index (κ2) is 5.60. The van der Waals surface area contributed by atoms with E-state index in [2.05, 4.69) is 15.3 Å². The summed E-state index contributed by atoms with van der Waals surface area (Å²) in [5.41, 5.74) is -0.291. The lowest BCUT2D eigenvalue weighted by molar-refractivity contribution is -0.118. The molecule has 0 saturated carbocycles. The second-order valence-electron chi connectivity index (χ2n) is 5.92. The van der Waals surface area contributed by atoms with Gasteiger partial charge >= 0.3 is 6.09 Å². The summed E-state index contributed by atoms with van der Waals surface area (Å²) < 4.78 is 6.83. The first kappa shape index (κ1) is 14.8. The predicted octanol–water partition coefficient (Wildman–Crippen LogP) is 0.275. The van der Waals surface area contributed by atoms with Crippen molar-refractivity contribution in [1.82, 2.24) is 19.6 Å². The summed E-state index contributed by atoms with van der Waals surface area (Å²) in [7, 11) is 1.80. The van der Waals surface area contributed by atoms with Gasteiger partial charge in [-0.15, -0.1) is 0 Å². The zero-order chi connectivity index (χ0) is 15.7. The van der Waals surface area contributed by atoms with Gasteiger partial charge in [0.15, 0.2) is 5.82 Å². The predicted molar refractivity (Wildman–Crippen MR) is 79.4 cm³/mol. The smallest absolute Gasteiger partial charge is 0.410 e. The van der Waals surface area contributed by atoms with Gasteiger partial charge in [-0.25, -0.2) is 4.79 Å². The van der Waals surface area contributed by atoms with E-state index in [4.69, 9.17) is 4.74 Å². The van der Waals surface area contributed by atoms with E-state index < -0.39 is 0 Å². The van der Waals surface area contributed by atoms with Gasteiger partial charge in [0.2, 0.25) is 5.91 Å². The highest BCUT2D eigenvalue weighted by molar-refractivity contribution is 5.91. The maximum Gasteiger partial charge on any atom is 0.410 e.